The highest BCUT2D eigenvalue weighted by Crippen LogP contribution is 2.27. The van der Waals surface area contributed by atoms with Crippen LogP contribution in [-0.4, -0.2) is 26.1 Å². The van der Waals surface area contributed by atoms with Gasteiger partial charge in [-0.3, -0.25) is 14.2 Å². The number of aromatic nitrogens is 3. The number of aromatic amines is 1. The summed E-state index contributed by atoms with van der Waals surface area (Å²) in [4.78, 5) is 34.8. The number of fused-ring (bicyclic) bond motifs is 2. The first-order valence-electron chi connectivity index (χ1n) is 10.8. The van der Waals surface area contributed by atoms with E-state index in [2.05, 4.69) is 4.98 Å². The molecular formula is C27H23N3O2S. The van der Waals surface area contributed by atoms with Crippen molar-refractivity contribution < 1.29 is 4.79 Å². The third kappa shape index (κ3) is 3.76. The van der Waals surface area contributed by atoms with Crippen molar-refractivity contribution in [1.82, 2.24) is 14.5 Å². The van der Waals surface area contributed by atoms with E-state index in [0.717, 1.165) is 33.4 Å². The first kappa shape index (κ1) is 21.2. The molecule has 5 aromatic rings. The highest BCUT2D eigenvalue weighted by Gasteiger charge is 2.19. The Morgan fingerprint density at radius 1 is 0.939 bits per heavy atom. The Morgan fingerprint density at radius 2 is 1.67 bits per heavy atom. The molecule has 5 nitrogen and oxygen atoms in total. The van der Waals surface area contributed by atoms with Gasteiger partial charge in [-0.05, 0) is 62.2 Å². The van der Waals surface area contributed by atoms with E-state index in [9.17, 15) is 9.59 Å². The number of aryl methyl sites for hydroxylation is 3. The predicted molar refractivity (Wildman–Crippen MR) is 135 cm³/mol. The maximum absolute atomic E-state index is 13.5. The van der Waals surface area contributed by atoms with Gasteiger partial charge in [-0.1, -0.05) is 48.2 Å². The third-order valence-electron chi connectivity index (χ3n) is 6.00. The molecule has 5 rings (SSSR count). The first-order chi connectivity index (χ1) is 15.9. The van der Waals surface area contributed by atoms with Crippen molar-refractivity contribution in [1.29, 1.82) is 0 Å². The van der Waals surface area contributed by atoms with Crippen LogP contribution in [-0.2, 0) is 0 Å². The molecule has 0 amide bonds. The van der Waals surface area contributed by atoms with Crippen molar-refractivity contribution in [3.05, 3.63) is 99.5 Å². The Morgan fingerprint density at radius 3 is 2.45 bits per heavy atom. The number of Topliss-reactive ketones (excluding diaryl/α,β-unsaturated/α-hetero) is 1. The van der Waals surface area contributed by atoms with Crippen molar-refractivity contribution in [2.24, 2.45) is 0 Å². The number of benzene rings is 3. The average Bonchev–Trinajstić information content (AvgIpc) is 3.15. The summed E-state index contributed by atoms with van der Waals surface area (Å²) >= 11 is 1.29. The van der Waals surface area contributed by atoms with Gasteiger partial charge < -0.3 is 4.98 Å². The fraction of sp³-hybridized carbons (Fsp3) is 0.148. The Hall–Kier alpha value is -3.64. The van der Waals surface area contributed by atoms with Gasteiger partial charge in [-0.25, -0.2) is 4.98 Å². The molecule has 2 aromatic heterocycles. The predicted octanol–water partition coefficient (Wildman–Crippen LogP) is 5.77. The summed E-state index contributed by atoms with van der Waals surface area (Å²) < 4.78 is 1.62. The lowest BCUT2D eigenvalue weighted by Gasteiger charge is -2.14. The zero-order valence-corrected chi connectivity index (χ0v) is 19.5. The molecule has 0 atom stereocenters. The number of hydrogen-bond donors (Lipinski definition) is 1. The molecular weight excluding hydrogens is 430 g/mol. The quantitative estimate of drug-likeness (QED) is 0.208. The van der Waals surface area contributed by atoms with Gasteiger partial charge >= 0.3 is 0 Å². The number of rotatable bonds is 5. The summed E-state index contributed by atoms with van der Waals surface area (Å²) in [6.07, 6.45) is 0. The first-order valence-corrected chi connectivity index (χ1v) is 11.8. The monoisotopic (exact) mass is 453 g/mol. The van der Waals surface area contributed by atoms with E-state index in [1.165, 1.54) is 11.8 Å². The standard InChI is InChI=1S/C27H23N3O2S/c1-16-12-13-19(14-17(16)2)30-26(32)21-9-5-7-11-23(21)29-27(30)33-15-24(31)25-18(3)28-22-10-6-4-8-20(22)25/h4-14,28H,15H2,1-3H3. The van der Waals surface area contributed by atoms with Crippen molar-refractivity contribution in [2.45, 2.75) is 25.9 Å². The molecule has 164 valence electrons. The van der Waals surface area contributed by atoms with Crippen LogP contribution in [0.2, 0.25) is 0 Å². The summed E-state index contributed by atoms with van der Waals surface area (Å²) in [5.74, 6) is 0.183. The topological polar surface area (TPSA) is 67.8 Å². The molecule has 0 saturated carbocycles. The van der Waals surface area contributed by atoms with Crippen LogP contribution in [0, 0.1) is 20.8 Å². The number of carbonyl (C=O) groups excluding carboxylic acids is 1. The number of carbonyl (C=O) groups is 1. The lowest BCUT2D eigenvalue weighted by Crippen LogP contribution is -2.22. The molecule has 0 aliphatic carbocycles. The van der Waals surface area contributed by atoms with E-state index < -0.39 is 0 Å². The maximum Gasteiger partial charge on any atom is 0.266 e. The third-order valence-corrected chi connectivity index (χ3v) is 6.94. The van der Waals surface area contributed by atoms with Gasteiger partial charge in [0.25, 0.3) is 5.56 Å². The number of ketones is 1. The molecule has 0 aliphatic rings. The normalized spacial score (nSPS) is 11.4. The number of thioether (sulfide) groups is 1. The van der Waals surface area contributed by atoms with Crippen LogP contribution < -0.4 is 5.56 Å². The SMILES string of the molecule is Cc1ccc(-n2c(SCC(=O)c3c(C)[nH]c4ccccc34)nc3ccccc3c2=O)cc1C. The fourth-order valence-corrected chi connectivity index (χ4v) is 5.02. The number of para-hydroxylation sites is 2. The van der Waals surface area contributed by atoms with Crippen LogP contribution in [0.25, 0.3) is 27.5 Å². The van der Waals surface area contributed by atoms with E-state index in [-0.39, 0.29) is 17.1 Å². The summed E-state index contributed by atoms with van der Waals surface area (Å²) in [6, 6.07) is 21.0. The summed E-state index contributed by atoms with van der Waals surface area (Å²) in [6.45, 7) is 5.98. The van der Waals surface area contributed by atoms with Gasteiger partial charge in [0.2, 0.25) is 0 Å². The van der Waals surface area contributed by atoms with Gasteiger partial charge in [0.1, 0.15) is 0 Å². The molecule has 0 unspecified atom stereocenters. The Kier molecular flexibility index (Phi) is 5.38. The number of nitrogens with zero attached hydrogens (tertiary/aromatic N) is 2. The van der Waals surface area contributed by atoms with Crippen LogP contribution in [0.1, 0.15) is 27.2 Å². The highest BCUT2D eigenvalue weighted by molar-refractivity contribution is 7.99. The molecule has 0 radical (unpaired) electrons. The number of nitrogens with one attached hydrogen (secondary N) is 1. The van der Waals surface area contributed by atoms with E-state index in [1.807, 2.05) is 81.4 Å². The van der Waals surface area contributed by atoms with Crippen LogP contribution in [0.4, 0.5) is 0 Å². The summed E-state index contributed by atoms with van der Waals surface area (Å²) in [5.41, 5.74) is 5.97. The molecule has 0 fully saturated rings. The molecule has 33 heavy (non-hydrogen) atoms. The zero-order valence-electron chi connectivity index (χ0n) is 18.7. The molecule has 0 aliphatic heterocycles. The van der Waals surface area contributed by atoms with Crippen molar-refractivity contribution in [2.75, 3.05) is 5.75 Å². The molecule has 6 heteroatoms. The van der Waals surface area contributed by atoms with E-state index in [1.54, 1.807) is 10.6 Å². The zero-order chi connectivity index (χ0) is 23.1. The van der Waals surface area contributed by atoms with Crippen LogP contribution in [0.15, 0.2) is 76.7 Å². The second-order valence-corrected chi connectivity index (χ2v) is 9.15. The molecule has 0 bridgehead atoms. The lowest BCUT2D eigenvalue weighted by atomic mass is 10.1. The lowest BCUT2D eigenvalue weighted by molar-refractivity contribution is 0.102. The van der Waals surface area contributed by atoms with Gasteiger partial charge in [-0.15, -0.1) is 0 Å². The van der Waals surface area contributed by atoms with E-state index in [4.69, 9.17) is 4.98 Å². The minimum atomic E-state index is -0.137. The van der Waals surface area contributed by atoms with Crippen molar-refractivity contribution in [3.8, 4) is 5.69 Å². The smallest absolute Gasteiger partial charge is 0.266 e. The van der Waals surface area contributed by atoms with Crippen LogP contribution in [0.3, 0.4) is 0 Å². The van der Waals surface area contributed by atoms with Crippen LogP contribution in [0.5, 0.6) is 0 Å². The van der Waals surface area contributed by atoms with Gasteiger partial charge in [-0.2, -0.15) is 0 Å². The second-order valence-electron chi connectivity index (χ2n) is 8.20. The molecule has 2 heterocycles. The number of H-pyrrole nitrogens is 1. The van der Waals surface area contributed by atoms with E-state index >= 15 is 0 Å². The van der Waals surface area contributed by atoms with Gasteiger partial charge in [0, 0.05) is 22.2 Å². The summed E-state index contributed by atoms with van der Waals surface area (Å²) in [5, 5.41) is 1.98. The van der Waals surface area contributed by atoms with Crippen molar-refractivity contribution >= 4 is 39.4 Å². The molecule has 3 aromatic carbocycles. The van der Waals surface area contributed by atoms with E-state index in [0.29, 0.717) is 21.6 Å². The van der Waals surface area contributed by atoms with Gasteiger partial charge in [0.05, 0.1) is 22.3 Å². The molecule has 0 spiro atoms. The van der Waals surface area contributed by atoms with Gasteiger partial charge in [0.15, 0.2) is 10.9 Å². The average molecular weight is 454 g/mol. The summed E-state index contributed by atoms with van der Waals surface area (Å²) in [7, 11) is 0. The fourth-order valence-electron chi connectivity index (χ4n) is 4.14. The second kappa shape index (κ2) is 8.37. The maximum atomic E-state index is 13.5. The van der Waals surface area contributed by atoms with Crippen molar-refractivity contribution in [3.63, 3.8) is 0 Å². The minimum Gasteiger partial charge on any atom is -0.358 e. The Balaban J connectivity index is 1.58. The van der Waals surface area contributed by atoms with Crippen LogP contribution >= 0.6 is 11.8 Å². The minimum absolute atomic E-state index is 0.00370. The molecule has 0 saturated heterocycles. The Labute approximate surface area is 195 Å². The highest BCUT2D eigenvalue weighted by atomic mass is 32.2. The molecule has 1 N–H and O–H groups in total. The Bertz CT molecular complexity index is 1600. The largest absolute Gasteiger partial charge is 0.358 e. The number of hydrogen-bond acceptors (Lipinski definition) is 4.